The SMILES string of the molecule is CC(C)n1cc(-c2ccc3cn([C@H]4CC[C@H](CNC(=O)c5cc(F)c(O)c(F)c5)CC4)nc3c2)cn1. The molecule has 0 bridgehead atoms. The van der Waals surface area contributed by atoms with E-state index < -0.39 is 23.3 Å². The molecular formula is C27H29F2N5O2. The third-order valence-electron chi connectivity index (χ3n) is 7.01. The van der Waals surface area contributed by atoms with Gasteiger partial charge in [0.05, 0.1) is 17.8 Å². The third kappa shape index (κ3) is 4.82. The molecule has 188 valence electrons. The predicted molar refractivity (Wildman–Crippen MR) is 133 cm³/mol. The van der Waals surface area contributed by atoms with Crippen molar-refractivity contribution in [3.05, 3.63) is 66.1 Å². The molecule has 0 atom stereocenters. The Kier molecular flexibility index (Phi) is 6.47. The number of aromatic hydroxyl groups is 1. The maximum absolute atomic E-state index is 13.5. The molecule has 36 heavy (non-hydrogen) atoms. The van der Waals surface area contributed by atoms with E-state index >= 15 is 0 Å². The van der Waals surface area contributed by atoms with E-state index in [0.717, 1.165) is 59.8 Å². The Morgan fingerprint density at radius 2 is 1.81 bits per heavy atom. The minimum atomic E-state index is -1.15. The van der Waals surface area contributed by atoms with Crippen molar-refractivity contribution in [1.29, 1.82) is 0 Å². The Bertz CT molecular complexity index is 1380. The standard InChI is InChI=1S/C27H29F2N5O2/c1-16(2)33-15-21(13-31-33)18-5-6-19-14-34(32-25(19)11-18)22-7-3-17(4-8-22)12-30-27(36)20-9-23(28)26(35)24(29)10-20/h5-6,9-11,13-17,22,35H,3-4,7-8,12H2,1-2H3,(H,30,36)/t17-,22-. The second-order valence-electron chi connectivity index (χ2n) is 9.86. The lowest BCUT2D eigenvalue weighted by Gasteiger charge is -2.28. The molecule has 2 heterocycles. The maximum Gasteiger partial charge on any atom is 0.251 e. The van der Waals surface area contributed by atoms with Crippen molar-refractivity contribution >= 4 is 16.8 Å². The maximum atomic E-state index is 13.5. The molecule has 5 rings (SSSR count). The molecule has 0 aliphatic heterocycles. The van der Waals surface area contributed by atoms with Crippen molar-refractivity contribution in [3.63, 3.8) is 0 Å². The van der Waals surface area contributed by atoms with Crippen molar-refractivity contribution in [3.8, 4) is 16.9 Å². The van der Waals surface area contributed by atoms with Crippen LogP contribution in [0.2, 0.25) is 0 Å². The number of nitrogens with zero attached hydrogens (tertiary/aromatic N) is 4. The van der Waals surface area contributed by atoms with Gasteiger partial charge in [-0.15, -0.1) is 0 Å². The van der Waals surface area contributed by atoms with Crippen LogP contribution in [-0.4, -0.2) is 37.1 Å². The normalized spacial score (nSPS) is 18.1. The Hall–Kier alpha value is -3.75. The van der Waals surface area contributed by atoms with Crippen molar-refractivity contribution < 1.29 is 18.7 Å². The highest BCUT2D eigenvalue weighted by Crippen LogP contribution is 2.33. The second kappa shape index (κ2) is 9.72. The average Bonchev–Trinajstić information content (AvgIpc) is 3.53. The van der Waals surface area contributed by atoms with Crippen LogP contribution >= 0.6 is 0 Å². The summed E-state index contributed by atoms with van der Waals surface area (Å²) in [5, 5.41) is 22.4. The van der Waals surface area contributed by atoms with Gasteiger partial charge in [-0.25, -0.2) is 8.78 Å². The molecule has 1 amide bonds. The summed E-state index contributed by atoms with van der Waals surface area (Å²) in [4.78, 5) is 12.3. The van der Waals surface area contributed by atoms with E-state index in [4.69, 9.17) is 5.10 Å². The van der Waals surface area contributed by atoms with Gasteiger partial charge in [-0.1, -0.05) is 12.1 Å². The highest BCUT2D eigenvalue weighted by atomic mass is 19.1. The number of hydrogen-bond donors (Lipinski definition) is 2. The zero-order valence-electron chi connectivity index (χ0n) is 20.3. The first-order chi connectivity index (χ1) is 17.3. The van der Waals surface area contributed by atoms with E-state index in [1.807, 2.05) is 10.9 Å². The van der Waals surface area contributed by atoms with Crippen LogP contribution in [0.5, 0.6) is 5.75 Å². The number of carbonyl (C=O) groups is 1. The lowest BCUT2D eigenvalue weighted by Crippen LogP contribution is -2.31. The van der Waals surface area contributed by atoms with E-state index in [9.17, 15) is 18.7 Å². The van der Waals surface area contributed by atoms with Gasteiger partial charge in [-0.05, 0) is 69.2 Å². The van der Waals surface area contributed by atoms with E-state index in [0.29, 0.717) is 12.6 Å². The van der Waals surface area contributed by atoms with Crippen LogP contribution in [0.4, 0.5) is 8.78 Å². The largest absolute Gasteiger partial charge is 0.503 e. The molecule has 0 radical (unpaired) electrons. The number of carbonyl (C=O) groups excluding carboxylic acids is 1. The zero-order valence-corrected chi connectivity index (χ0v) is 20.3. The summed E-state index contributed by atoms with van der Waals surface area (Å²) in [5.41, 5.74) is 2.97. The van der Waals surface area contributed by atoms with Gasteiger partial charge in [0, 0.05) is 41.5 Å². The van der Waals surface area contributed by atoms with Gasteiger partial charge in [0.15, 0.2) is 17.4 Å². The van der Waals surface area contributed by atoms with Crippen molar-refractivity contribution in [2.24, 2.45) is 5.92 Å². The average molecular weight is 494 g/mol. The molecule has 0 spiro atoms. The smallest absolute Gasteiger partial charge is 0.251 e. The summed E-state index contributed by atoms with van der Waals surface area (Å²) in [6, 6.07) is 8.58. The number of nitrogens with one attached hydrogen (secondary N) is 1. The topological polar surface area (TPSA) is 85.0 Å². The molecule has 1 aliphatic rings. The van der Waals surface area contributed by atoms with Gasteiger partial charge >= 0.3 is 0 Å². The number of aromatic nitrogens is 4. The number of hydrogen-bond acceptors (Lipinski definition) is 4. The quantitative estimate of drug-likeness (QED) is 0.365. The van der Waals surface area contributed by atoms with Crippen molar-refractivity contribution in [2.75, 3.05) is 6.54 Å². The van der Waals surface area contributed by atoms with Gasteiger partial charge in [-0.3, -0.25) is 14.2 Å². The molecule has 7 nitrogen and oxygen atoms in total. The Morgan fingerprint density at radius 3 is 2.47 bits per heavy atom. The van der Waals surface area contributed by atoms with Crippen LogP contribution in [0.3, 0.4) is 0 Å². The van der Waals surface area contributed by atoms with E-state index in [2.05, 4.69) is 59.5 Å². The van der Waals surface area contributed by atoms with Gasteiger partial charge in [-0.2, -0.15) is 10.2 Å². The highest BCUT2D eigenvalue weighted by molar-refractivity contribution is 5.94. The molecule has 4 aromatic rings. The molecule has 2 aromatic carbocycles. The Labute approximate surface area is 207 Å². The Balaban J connectivity index is 1.19. The fourth-order valence-corrected chi connectivity index (χ4v) is 4.82. The lowest BCUT2D eigenvalue weighted by atomic mass is 9.86. The first kappa shape index (κ1) is 24.0. The van der Waals surface area contributed by atoms with Crippen LogP contribution in [0.25, 0.3) is 22.0 Å². The number of halogens is 2. The van der Waals surface area contributed by atoms with Gasteiger partial charge in [0.25, 0.3) is 5.91 Å². The molecule has 1 saturated carbocycles. The third-order valence-corrected chi connectivity index (χ3v) is 7.01. The minimum Gasteiger partial charge on any atom is -0.503 e. The molecule has 9 heteroatoms. The fourth-order valence-electron chi connectivity index (χ4n) is 4.82. The van der Waals surface area contributed by atoms with Crippen molar-refractivity contribution in [2.45, 2.75) is 51.6 Å². The molecule has 2 N–H and O–H groups in total. The number of phenolic OH excluding ortho intramolecular Hbond substituents is 1. The van der Waals surface area contributed by atoms with Crippen LogP contribution < -0.4 is 5.32 Å². The van der Waals surface area contributed by atoms with Gasteiger partial charge in [0.2, 0.25) is 0 Å². The van der Waals surface area contributed by atoms with Gasteiger partial charge in [0.1, 0.15) is 0 Å². The summed E-state index contributed by atoms with van der Waals surface area (Å²) >= 11 is 0. The molecule has 0 unspecified atom stereocenters. The van der Waals surface area contributed by atoms with E-state index in [1.165, 1.54) is 0 Å². The summed E-state index contributed by atoms with van der Waals surface area (Å²) in [6.45, 7) is 4.63. The van der Waals surface area contributed by atoms with E-state index in [-0.39, 0.29) is 17.5 Å². The number of phenols is 1. The predicted octanol–water partition coefficient (Wildman–Crippen LogP) is 5.63. The molecular weight excluding hydrogens is 464 g/mol. The highest BCUT2D eigenvalue weighted by Gasteiger charge is 2.24. The van der Waals surface area contributed by atoms with Crippen LogP contribution in [-0.2, 0) is 0 Å². The Morgan fingerprint density at radius 1 is 1.08 bits per heavy atom. The minimum absolute atomic E-state index is 0.143. The number of rotatable bonds is 6. The molecule has 1 aliphatic carbocycles. The molecule has 0 saturated heterocycles. The summed E-state index contributed by atoms with van der Waals surface area (Å²) in [7, 11) is 0. The second-order valence-corrected chi connectivity index (χ2v) is 9.86. The van der Waals surface area contributed by atoms with Crippen LogP contribution in [0, 0.1) is 17.6 Å². The van der Waals surface area contributed by atoms with Gasteiger partial charge < -0.3 is 10.4 Å². The first-order valence-corrected chi connectivity index (χ1v) is 12.3. The summed E-state index contributed by atoms with van der Waals surface area (Å²) in [5.74, 6) is -3.64. The molecule has 2 aromatic heterocycles. The lowest BCUT2D eigenvalue weighted by molar-refractivity contribution is 0.0940. The fraction of sp³-hybridized carbons (Fsp3) is 0.370. The van der Waals surface area contributed by atoms with Crippen molar-refractivity contribution in [1.82, 2.24) is 24.9 Å². The zero-order chi connectivity index (χ0) is 25.4. The monoisotopic (exact) mass is 493 g/mol. The first-order valence-electron chi connectivity index (χ1n) is 12.3. The van der Waals surface area contributed by atoms with E-state index in [1.54, 1.807) is 0 Å². The van der Waals surface area contributed by atoms with Crippen LogP contribution in [0.1, 0.15) is 62.0 Å². The summed E-state index contributed by atoms with van der Waals surface area (Å²) in [6.07, 6.45) is 9.73. The number of fused-ring (bicyclic) bond motifs is 1. The summed E-state index contributed by atoms with van der Waals surface area (Å²) < 4.78 is 31.1. The number of amides is 1. The molecule has 1 fully saturated rings. The van der Waals surface area contributed by atoms with Crippen LogP contribution in [0.15, 0.2) is 48.9 Å². The number of benzene rings is 2.